The van der Waals surface area contributed by atoms with Gasteiger partial charge in [0.2, 0.25) is 0 Å². The predicted octanol–water partition coefficient (Wildman–Crippen LogP) is 7.55. The lowest BCUT2D eigenvalue weighted by atomic mass is 9.98. The van der Waals surface area contributed by atoms with E-state index in [-0.39, 0.29) is 11.3 Å². The van der Waals surface area contributed by atoms with Gasteiger partial charge in [-0.1, -0.05) is 61.2 Å². The number of aryl methyl sites for hydroxylation is 1. The van der Waals surface area contributed by atoms with Gasteiger partial charge < -0.3 is 4.74 Å². The Hall–Kier alpha value is -3.78. The lowest BCUT2D eigenvalue weighted by Gasteiger charge is -2.08. The van der Waals surface area contributed by atoms with Crippen molar-refractivity contribution >= 4 is 10.8 Å². The highest BCUT2D eigenvalue weighted by Crippen LogP contribution is 2.28. The molecule has 4 rings (SSSR count). The number of halogens is 4. The number of hydrogen-bond acceptors (Lipinski definition) is 1. The zero-order chi connectivity index (χ0) is 23.4. The van der Waals surface area contributed by atoms with E-state index in [4.69, 9.17) is 0 Å². The Bertz CT molecular complexity index is 1330. The van der Waals surface area contributed by atoms with E-state index in [1.54, 1.807) is 12.1 Å². The van der Waals surface area contributed by atoms with Crippen LogP contribution in [0.3, 0.4) is 0 Å². The van der Waals surface area contributed by atoms with Crippen molar-refractivity contribution in [2.75, 3.05) is 6.61 Å². The van der Waals surface area contributed by atoms with Gasteiger partial charge in [-0.15, -0.1) is 0 Å². The van der Waals surface area contributed by atoms with Crippen molar-refractivity contribution in [2.45, 2.75) is 19.5 Å². The van der Waals surface area contributed by atoms with Gasteiger partial charge in [0, 0.05) is 10.9 Å². The second-order valence-corrected chi connectivity index (χ2v) is 7.59. The van der Waals surface area contributed by atoms with Crippen LogP contribution in [0, 0.1) is 17.7 Å². The molecule has 0 bridgehead atoms. The molecule has 33 heavy (non-hydrogen) atoms. The molecule has 0 fully saturated rings. The van der Waals surface area contributed by atoms with Crippen molar-refractivity contribution in [2.24, 2.45) is 0 Å². The molecule has 0 aromatic heterocycles. The summed E-state index contributed by atoms with van der Waals surface area (Å²) in [4.78, 5) is 0. The van der Waals surface area contributed by atoms with Crippen LogP contribution < -0.4 is 4.74 Å². The molecule has 4 aromatic rings. The molecule has 0 atom stereocenters. The highest BCUT2D eigenvalue weighted by atomic mass is 19.4. The fourth-order valence-electron chi connectivity index (χ4n) is 3.44. The Morgan fingerprint density at radius 2 is 1.48 bits per heavy atom. The summed E-state index contributed by atoms with van der Waals surface area (Å²) in [5, 5.41) is 1.26. The van der Waals surface area contributed by atoms with Crippen molar-refractivity contribution in [1.82, 2.24) is 0 Å². The van der Waals surface area contributed by atoms with Gasteiger partial charge >= 0.3 is 6.18 Å². The molecule has 0 aliphatic rings. The number of hydrogen-bond donors (Lipinski definition) is 0. The van der Waals surface area contributed by atoms with Crippen LogP contribution in [0.4, 0.5) is 17.6 Å². The lowest BCUT2D eigenvalue weighted by Crippen LogP contribution is -2.19. The smallest absolute Gasteiger partial charge is 0.422 e. The fraction of sp³-hybridized carbons (Fsp3) is 0.143. The quantitative estimate of drug-likeness (QED) is 0.231. The van der Waals surface area contributed by atoms with Crippen LogP contribution in [0.2, 0.25) is 0 Å². The van der Waals surface area contributed by atoms with Gasteiger partial charge in [-0.05, 0) is 64.9 Å². The molecule has 0 aliphatic carbocycles. The van der Waals surface area contributed by atoms with E-state index in [0.29, 0.717) is 10.9 Å². The maximum Gasteiger partial charge on any atom is 0.422 e. The van der Waals surface area contributed by atoms with Gasteiger partial charge in [0.1, 0.15) is 11.6 Å². The average molecular weight is 448 g/mol. The number of alkyl halides is 3. The molecule has 0 N–H and O–H groups in total. The fourth-order valence-corrected chi connectivity index (χ4v) is 3.44. The van der Waals surface area contributed by atoms with Crippen molar-refractivity contribution in [3.63, 3.8) is 0 Å². The molecular formula is C28H20F4O. The molecule has 4 aromatic carbocycles. The zero-order valence-corrected chi connectivity index (χ0v) is 17.8. The van der Waals surface area contributed by atoms with Crippen molar-refractivity contribution < 1.29 is 22.3 Å². The first-order valence-corrected chi connectivity index (χ1v) is 10.5. The number of rotatable bonds is 4. The third kappa shape index (κ3) is 5.53. The molecule has 0 heterocycles. The van der Waals surface area contributed by atoms with E-state index in [0.717, 1.165) is 22.9 Å². The highest BCUT2D eigenvalue weighted by molar-refractivity contribution is 5.89. The van der Waals surface area contributed by atoms with Gasteiger partial charge in [0.05, 0.1) is 5.56 Å². The molecule has 1 nitrogen and oxygen atoms in total. The van der Waals surface area contributed by atoms with E-state index in [9.17, 15) is 13.2 Å². The molecular weight excluding hydrogens is 428 g/mol. The van der Waals surface area contributed by atoms with Gasteiger partial charge in [0.15, 0.2) is 6.61 Å². The Labute approximate surface area is 189 Å². The first-order chi connectivity index (χ1) is 15.8. The Morgan fingerprint density at radius 3 is 2.15 bits per heavy atom. The summed E-state index contributed by atoms with van der Waals surface area (Å²) in [5.41, 5.74) is 4.13. The van der Waals surface area contributed by atoms with E-state index < -0.39 is 18.6 Å². The maximum absolute atomic E-state index is 15.1. The minimum absolute atomic E-state index is 0.0925. The van der Waals surface area contributed by atoms with Crippen molar-refractivity contribution in [3.05, 3.63) is 101 Å². The molecule has 166 valence electrons. The molecule has 0 aliphatic heterocycles. The van der Waals surface area contributed by atoms with Crippen molar-refractivity contribution in [1.29, 1.82) is 0 Å². The molecule has 0 amide bonds. The minimum Gasteiger partial charge on any atom is -0.484 e. The van der Waals surface area contributed by atoms with Crippen LogP contribution in [-0.4, -0.2) is 12.8 Å². The summed E-state index contributed by atoms with van der Waals surface area (Å²) in [6.45, 7) is 0.752. The average Bonchev–Trinajstić information content (AvgIpc) is 2.82. The van der Waals surface area contributed by atoms with E-state index in [1.807, 2.05) is 18.2 Å². The van der Waals surface area contributed by atoms with E-state index >= 15 is 4.39 Å². The van der Waals surface area contributed by atoms with Gasteiger partial charge in [-0.2, -0.15) is 13.2 Å². The van der Waals surface area contributed by atoms with Crippen LogP contribution in [0.1, 0.15) is 23.6 Å². The molecule has 0 radical (unpaired) electrons. The topological polar surface area (TPSA) is 9.23 Å². The lowest BCUT2D eigenvalue weighted by molar-refractivity contribution is -0.153. The molecule has 0 saturated heterocycles. The van der Waals surface area contributed by atoms with Gasteiger partial charge in [-0.3, -0.25) is 0 Å². The summed E-state index contributed by atoms with van der Waals surface area (Å²) in [5.74, 6) is 5.34. The molecule has 5 heteroatoms. The van der Waals surface area contributed by atoms with Crippen LogP contribution in [0.15, 0.2) is 78.9 Å². The third-order valence-corrected chi connectivity index (χ3v) is 5.25. The zero-order valence-electron chi connectivity index (χ0n) is 17.8. The normalized spacial score (nSPS) is 11.2. The third-order valence-electron chi connectivity index (χ3n) is 5.25. The second-order valence-electron chi connectivity index (χ2n) is 7.59. The first-order valence-electron chi connectivity index (χ1n) is 10.5. The summed E-state index contributed by atoms with van der Waals surface area (Å²) in [6, 6.07) is 23.3. The molecule has 0 spiro atoms. The molecule has 0 unspecified atom stereocenters. The summed E-state index contributed by atoms with van der Waals surface area (Å²) in [7, 11) is 0. The Morgan fingerprint density at radius 1 is 0.788 bits per heavy atom. The predicted molar refractivity (Wildman–Crippen MR) is 123 cm³/mol. The summed E-state index contributed by atoms with van der Waals surface area (Å²) >= 11 is 0. The standard InChI is InChI=1S/C28H20F4O/c1-2-19-3-8-21(9-4-19)23-13-16-26-24(17-23)12-11-22(27(26)29)10-5-20-6-14-25(15-7-20)33-18-28(30,31)32/h3-4,6-9,11-17H,2,18H2,1H3. The highest BCUT2D eigenvalue weighted by Gasteiger charge is 2.28. The van der Waals surface area contributed by atoms with Crippen molar-refractivity contribution in [3.8, 4) is 28.7 Å². The number of fused-ring (bicyclic) bond motifs is 1. The maximum atomic E-state index is 15.1. The van der Waals surface area contributed by atoms with Crippen LogP contribution >= 0.6 is 0 Å². The van der Waals surface area contributed by atoms with Gasteiger partial charge in [-0.25, -0.2) is 4.39 Å². The Balaban J connectivity index is 1.54. The first kappa shape index (κ1) is 22.4. The Kier molecular flexibility index (Phi) is 6.37. The number of benzene rings is 4. The second kappa shape index (κ2) is 9.38. The summed E-state index contributed by atoms with van der Waals surface area (Å²) in [6.07, 6.45) is -3.42. The largest absolute Gasteiger partial charge is 0.484 e. The van der Waals surface area contributed by atoms with E-state index in [1.165, 1.54) is 29.8 Å². The van der Waals surface area contributed by atoms with Crippen LogP contribution in [0.25, 0.3) is 21.9 Å². The minimum atomic E-state index is -4.40. The van der Waals surface area contributed by atoms with Gasteiger partial charge in [0.25, 0.3) is 0 Å². The monoisotopic (exact) mass is 448 g/mol. The summed E-state index contributed by atoms with van der Waals surface area (Å²) < 4.78 is 56.4. The molecule has 0 saturated carbocycles. The number of ether oxygens (including phenoxy) is 1. The van der Waals surface area contributed by atoms with E-state index in [2.05, 4.69) is 47.8 Å². The van der Waals surface area contributed by atoms with Crippen LogP contribution in [-0.2, 0) is 6.42 Å². The SMILES string of the molecule is CCc1ccc(-c2ccc3c(F)c(C#Cc4ccc(OCC(F)(F)F)cc4)ccc3c2)cc1. The van der Waals surface area contributed by atoms with Crippen LogP contribution in [0.5, 0.6) is 5.75 Å².